The Bertz CT molecular complexity index is 777. The van der Waals surface area contributed by atoms with Crippen LogP contribution in [0.2, 0.25) is 0 Å². The number of carbonyl (C=O) groups excluding carboxylic acids is 2. The Morgan fingerprint density at radius 3 is 1.92 bits per heavy atom. The van der Waals surface area contributed by atoms with E-state index < -0.39 is 22.8 Å². The maximum absolute atomic E-state index is 12.3. The van der Waals surface area contributed by atoms with Crippen molar-refractivity contribution in [2.24, 2.45) is 0 Å². The SMILES string of the molecule is COC(=O)C1=C(C)NC(C)=C(C(=O)OC)C1c1ccccc1[N+](=O)[O-].[CaH2]. The second-order valence-corrected chi connectivity index (χ2v) is 5.43. The van der Waals surface area contributed by atoms with Crippen molar-refractivity contribution in [2.45, 2.75) is 19.8 Å². The van der Waals surface area contributed by atoms with E-state index in [2.05, 4.69) is 5.32 Å². The molecule has 0 fully saturated rings. The number of nitrogens with zero attached hydrogens (tertiary/aromatic N) is 1. The number of allylic oxidation sites excluding steroid dienone is 2. The number of benzene rings is 1. The molecule has 1 heterocycles. The monoisotopic (exact) mass is 388 g/mol. The molecule has 0 saturated carbocycles. The number of nitro groups is 1. The van der Waals surface area contributed by atoms with Gasteiger partial charge in [0.1, 0.15) is 0 Å². The Hall–Kier alpha value is -1.90. The van der Waals surface area contributed by atoms with Gasteiger partial charge in [0, 0.05) is 23.0 Å². The molecule has 0 aliphatic carbocycles. The van der Waals surface area contributed by atoms with Crippen molar-refractivity contribution in [3.8, 4) is 0 Å². The van der Waals surface area contributed by atoms with Gasteiger partial charge in [0.15, 0.2) is 0 Å². The maximum atomic E-state index is 12.3. The Morgan fingerprint density at radius 2 is 1.50 bits per heavy atom. The zero-order valence-electron chi connectivity index (χ0n) is 14.3. The fourth-order valence-corrected chi connectivity index (χ4v) is 2.96. The van der Waals surface area contributed by atoms with Gasteiger partial charge in [0.05, 0.1) is 36.2 Å². The van der Waals surface area contributed by atoms with Crippen molar-refractivity contribution in [1.29, 1.82) is 0 Å². The molecule has 0 aromatic heterocycles. The van der Waals surface area contributed by atoms with E-state index in [0.717, 1.165) is 0 Å². The molecule has 0 amide bonds. The number of nitro benzene ring substituents is 1. The van der Waals surface area contributed by atoms with Gasteiger partial charge in [-0.25, -0.2) is 9.59 Å². The molecule has 1 aromatic rings. The number of nitrogens with one attached hydrogen (secondary N) is 1. The molecule has 1 aromatic carbocycles. The van der Waals surface area contributed by atoms with Crippen LogP contribution in [0.4, 0.5) is 5.69 Å². The second-order valence-electron chi connectivity index (χ2n) is 5.43. The van der Waals surface area contributed by atoms with Crippen LogP contribution in [0.15, 0.2) is 46.8 Å². The molecule has 0 bridgehead atoms. The van der Waals surface area contributed by atoms with Crippen molar-refractivity contribution in [2.75, 3.05) is 14.2 Å². The molecule has 1 aliphatic heterocycles. The van der Waals surface area contributed by atoms with Crippen LogP contribution in [0.1, 0.15) is 25.3 Å². The number of dihydropyridines is 1. The minimum absolute atomic E-state index is 0. The third-order valence-corrected chi connectivity index (χ3v) is 4.02. The first-order chi connectivity index (χ1) is 11.8. The molecular formula is C17H20CaN2O6. The fourth-order valence-electron chi connectivity index (χ4n) is 2.96. The van der Waals surface area contributed by atoms with E-state index in [1.807, 2.05) is 0 Å². The number of esters is 2. The normalized spacial score (nSPS) is 14.3. The van der Waals surface area contributed by atoms with E-state index in [9.17, 15) is 19.7 Å². The summed E-state index contributed by atoms with van der Waals surface area (Å²) in [5, 5.41) is 14.4. The third-order valence-electron chi connectivity index (χ3n) is 4.02. The van der Waals surface area contributed by atoms with Gasteiger partial charge in [-0.15, -0.1) is 0 Å². The number of hydrogen-bond donors (Lipinski definition) is 1. The summed E-state index contributed by atoms with van der Waals surface area (Å²) in [5.74, 6) is -2.33. The molecule has 1 N–H and O–H groups in total. The molecule has 9 heteroatoms. The molecule has 0 unspecified atom stereocenters. The van der Waals surface area contributed by atoms with Crippen molar-refractivity contribution in [1.82, 2.24) is 5.32 Å². The summed E-state index contributed by atoms with van der Waals surface area (Å²) in [6.45, 7) is 3.29. The minimum atomic E-state index is -0.970. The van der Waals surface area contributed by atoms with E-state index in [0.29, 0.717) is 11.4 Å². The zero-order valence-corrected chi connectivity index (χ0v) is 14.3. The predicted octanol–water partition coefficient (Wildman–Crippen LogP) is 1.26. The number of rotatable bonds is 4. The molecule has 1 aliphatic rings. The molecule has 8 nitrogen and oxygen atoms in total. The van der Waals surface area contributed by atoms with Crippen molar-refractivity contribution < 1.29 is 24.0 Å². The Balaban J connectivity index is 0.00000338. The van der Waals surface area contributed by atoms with Gasteiger partial charge in [0.2, 0.25) is 0 Å². The number of carbonyl (C=O) groups is 2. The van der Waals surface area contributed by atoms with Crippen LogP contribution >= 0.6 is 0 Å². The predicted molar refractivity (Wildman–Crippen MR) is 96.9 cm³/mol. The Labute approximate surface area is 180 Å². The molecule has 0 radical (unpaired) electrons. The number of ether oxygens (including phenoxy) is 2. The first-order valence-electron chi connectivity index (χ1n) is 7.42. The van der Waals surface area contributed by atoms with Crippen LogP contribution in [0.3, 0.4) is 0 Å². The molecule has 136 valence electrons. The van der Waals surface area contributed by atoms with Crippen molar-refractivity contribution in [3.63, 3.8) is 0 Å². The van der Waals surface area contributed by atoms with Gasteiger partial charge in [0.25, 0.3) is 5.69 Å². The van der Waals surface area contributed by atoms with E-state index >= 15 is 0 Å². The zero-order chi connectivity index (χ0) is 18.7. The van der Waals surface area contributed by atoms with Crippen LogP contribution in [-0.4, -0.2) is 68.8 Å². The van der Waals surface area contributed by atoms with E-state index in [1.54, 1.807) is 19.9 Å². The summed E-state index contributed by atoms with van der Waals surface area (Å²) < 4.78 is 9.66. The van der Waals surface area contributed by atoms with Gasteiger partial charge >= 0.3 is 49.7 Å². The van der Waals surface area contributed by atoms with Crippen molar-refractivity contribution in [3.05, 3.63) is 62.5 Å². The van der Waals surface area contributed by atoms with Crippen LogP contribution in [0.25, 0.3) is 0 Å². The van der Waals surface area contributed by atoms with Crippen LogP contribution in [-0.2, 0) is 19.1 Å². The topological polar surface area (TPSA) is 108 Å². The van der Waals surface area contributed by atoms with Gasteiger partial charge < -0.3 is 14.8 Å². The molecule has 0 saturated heterocycles. The van der Waals surface area contributed by atoms with E-state index in [-0.39, 0.29) is 60.1 Å². The first-order valence-corrected chi connectivity index (χ1v) is 7.42. The standard InChI is InChI=1S/C17H18N2O6.Ca.2H/c1-9-13(16(20)24-3)15(14(10(2)18-9)17(21)25-4)11-7-5-6-8-12(11)19(22)23;;;/h5-8,15,18H,1-4H3;;;. The Kier molecular flexibility index (Phi) is 7.80. The molecule has 2 rings (SSSR count). The van der Waals surface area contributed by atoms with Crippen LogP contribution in [0, 0.1) is 10.1 Å². The molecule has 0 atom stereocenters. The number of methoxy groups -OCH3 is 2. The average Bonchev–Trinajstić information content (AvgIpc) is 2.59. The number of para-hydroxylation sites is 1. The van der Waals surface area contributed by atoms with Crippen LogP contribution in [0.5, 0.6) is 0 Å². The quantitative estimate of drug-likeness (QED) is 0.358. The van der Waals surface area contributed by atoms with Crippen LogP contribution < -0.4 is 5.32 Å². The van der Waals surface area contributed by atoms with Gasteiger partial charge in [-0.05, 0) is 13.8 Å². The van der Waals surface area contributed by atoms with Gasteiger partial charge in [-0.1, -0.05) is 18.2 Å². The summed E-state index contributed by atoms with van der Waals surface area (Å²) in [4.78, 5) is 35.6. The van der Waals surface area contributed by atoms with E-state index in [4.69, 9.17) is 9.47 Å². The summed E-state index contributed by atoms with van der Waals surface area (Å²) in [7, 11) is 2.42. The molecule has 26 heavy (non-hydrogen) atoms. The first kappa shape index (κ1) is 22.1. The van der Waals surface area contributed by atoms with Gasteiger partial charge in [-0.2, -0.15) is 0 Å². The summed E-state index contributed by atoms with van der Waals surface area (Å²) in [5.41, 5.74) is 1.19. The molecule has 0 spiro atoms. The number of hydrogen-bond acceptors (Lipinski definition) is 7. The summed E-state index contributed by atoms with van der Waals surface area (Å²) in [6, 6.07) is 5.97. The molecular weight excluding hydrogens is 368 g/mol. The second kappa shape index (κ2) is 9.16. The summed E-state index contributed by atoms with van der Waals surface area (Å²) >= 11 is 0. The van der Waals surface area contributed by atoms with E-state index in [1.165, 1.54) is 32.4 Å². The summed E-state index contributed by atoms with van der Waals surface area (Å²) in [6.07, 6.45) is 0. The fraction of sp³-hybridized carbons (Fsp3) is 0.294. The van der Waals surface area contributed by atoms with Crippen molar-refractivity contribution >= 4 is 55.4 Å². The van der Waals surface area contributed by atoms with Gasteiger partial charge in [-0.3, -0.25) is 10.1 Å². The average molecular weight is 388 g/mol. The Morgan fingerprint density at radius 1 is 1.04 bits per heavy atom. The third kappa shape index (κ3) is 4.08.